The number of hydrogen-bond acceptors (Lipinski definition) is 5. The average molecular weight is 338 g/mol. The molecule has 25 heavy (non-hydrogen) atoms. The van der Waals surface area contributed by atoms with Gasteiger partial charge in [0.1, 0.15) is 12.1 Å². The Hall–Kier alpha value is -3.09. The summed E-state index contributed by atoms with van der Waals surface area (Å²) in [5.41, 5.74) is 3.12. The molecule has 2 aromatic heterocycles. The van der Waals surface area contributed by atoms with Crippen LogP contribution in [0.15, 0.2) is 36.7 Å². The molecule has 1 atom stereocenters. The molecule has 1 aliphatic rings. The van der Waals surface area contributed by atoms with Gasteiger partial charge in [0.05, 0.1) is 30.4 Å². The second-order valence-corrected chi connectivity index (χ2v) is 6.03. The second kappa shape index (κ2) is 6.08. The number of pyridine rings is 1. The van der Waals surface area contributed by atoms with Gasteiger partial charge in [-0.1, -0.05) is 12.1 Å². The Labute approximate surface area is 144 Å². The van der Waals surface area contributed by atoms with Crippen LogP contribution >= 0.6 is 0 Å². The number of carbonyl (C=O) groups is 1. The molecule has 3 heterocycles. The summed E-state index contributed by atoms with van der Waals surface area (Å²) in [7, 11) is 3.44. The number of benzene rings is 1. The summed E-state index contributed by atoms with van der Waals surface area (Å²) in [6.45, 7) is 0.403. The number of amides is 1. The van der Waals surface area contributed by atoms with Crippen LogP contribution in [0.3, 0.4) is 0 Å². The number of nitrogens with one attached hydrogen (secondary N) is 1. The molecule has 1 N–H and O–H groups in total. The number of ether oxygens (including phenoxy) is 2. The first-order chi connectivity index (χ1) is 12.2. The minimum atomic E-state index is -0.171. The summed E-state index contributed by atoms with van der Waals surface area (Å²) in [4.78, 5) is 16.8. The molecule has 7 nitrogen and oxygen atoms in total. The van der Waals surface area contributed by atoms with Crippen LogP contribution in [-0.2, 0) is 13.5 Å². The second-order valence-electron chi connectivity index (χ2n) is 6.03. The molecular formula is C18H18N4O3. The molecule has 0 aliphatic carbocycles. The first-order valence-electron chi connectivity index (χ1n) is 8.03. The first-order valence-corrected chi connectivity index (χ1v) is 8.03. The fourth-order valence-corrected chi connectivity index (χ4v) is 3.07. The van der Waals surface area contributed by atoms with Gasteiger partial charge in [0.25, 0.3) is 5.91 Å². The van der Waals surface area contributed by atoms with Crippen LogP contribution in [0.4, 0.5) is 0 Å². The summed E-state index contributed by atoms with van der Waals surface area (Å²) < 4.78 is 12.8. The van der Waals surface area contributed by atoms with E-state index in [1.165, 1.54) is 0 Å². The van der Waals surface area contributed by atoms with Gasteiger partial charge in [-0.15, -0.1) is 0 Å². The Morgan fingerprint density at radius 2 is 2.28 bits per heavy atom. The highest BCUT2D eigenvalue weighted by atomic mass is 16.5. The third-order valence-electron chi connectivity index (χ3n) is 4.37. The summed E-state index contributed by atoms with van der Waals surface area (Å²) in [6, 6.07) is 7.47. The van der Waals surface area contributed by atoms with Gasteiger partial charge >= 0.3 is 0 Å². The molecule has 0 spiro atoms. The third kappa shape index (κ3) is 2.77. The number of methoxy groups -OCH3 is 1. The Balaban J connectivity index is 1.51. The average Bonchev–Trinajstić information content (AvgIpc) is 3.01. The van der Waals surface area contributed by atoms with Crippen LogP contribution in [0, 0.1) is 0 Å². The number of hydrogen-bond donors (Lipinski definition) is 1. The number of rotatable bonds is 3. The van der Waals surface area contributed by atoms with E-state index >= 15 is 0 Å². The van der Waals surface area contributed by atoms with Gasteiger partial charge < -0.3 is 14.8 Å². The van der Waals surface area contributed by atoms with E-state index in [2.05, 4.69) is 15.4 Å². The highest BCUT2D eigenvalue weighted by Gasteiger charge is 2.24. The van der Waals surface area contributed by atoms with Gasteiger partial charge in [-0.25, -0.2) is 0 Å². The Morgan fingerprint density at radius 3 is 3.12 bits per heavy atom. The summed E-state index contributed by atoms with van der Waals surface area (Å²) >= 11 is 0. The van der Waals surface area contributed by atoms with Crippen molar-refractivity contribution in [2.45, 2.75) is 12.5 Å². The van der Waals surface area contributed by atoms with Crippen LogP contribution in [0.25, 0.3) is 11.0 Å². The number of para-hydroxylation sites is 1. The van der Waals surface area contributed by atoms with E-state index in [4.69, 9.17) is 9.47 Å². The van der Waals surface area contributed by atoms with Crippen LogP contribution in [0.5, 0.6) is 11.5 Å². The van der Waals surface area contributed by atoms with Gasteiger partial charge in [-0.2, -0.15) is 5.10 Å². The zero-order valence-electron chi connectivity index (χ0n) is 14.0. The molecule has 7 heteroatoms. The van der Waals surface area contributed by atoms with Crippen molar-refractivity contribution < 1.29 is 14.3 Å². The largest absolute Gasteiger partial charge is 0.493 e. The maximum absolute atomic E-state index is 12.6. The van der Waals surface area contributed by atoms with E-state index in [9.17, 15) is 4.79 Å². The van der Waals surface area contributed by atoms with Crippen molar-refractivity contribution in [3.8, 4) is 11.5 Å². The van der Waals surface area contributed by atoms with E-state index in [0.29, 0.717) is 24.3 Å². The topological polar surface area (TPSA) is 78.3 Å². The minimum absolute atomic E-state index is 0.102. The van der Waals surface area contributed by atoms with Crippen molar-refractivity contribution in [3.63, 3.8) is 0 Å². The van der Waals surface area contributed by atoms with Gasteiger partial charge in [0.2, 0.25) is 0 Å². The predicted molar refractivity (Wildman–Crippen MR) is 92.0 cm³/mol. The lowest BCUT2D eigenvalue weighted by Gasteiger charge is -2.27. The highest BCUT2D eigenvalue weighted by Crippen LogP contribution is 2.34. The van der Waals surface area contributed by atoms with E-state index in [1.54, 1.807) is 30.3 Å². The van der Waals surface area contributed by atoms with Crippen LogP contribution < -0.4 is 14.8 Å². The van der Waals surface area contributed by atoms with Crippen LogP contribution in [-0.4, -0.2) is 40.4 Å². The number of aryl methyl sites for hydroxylation is 1. The Bertz CT molecular complexity index is 951. The van der Waals surface area contributed by atoms with Gasteiger partial charge in [-0.3, -0.25) is 14.5 Å². The van der Waals surface area contributed by atoms with Crippen molar-refractivity contribution >= 4 is 16.9 Å². The minimum Gasteiger partial charge on any atom is -0.493 e. The standard InChI is InChI=1S/C18H18N4O3/c1-22-15-7-12(8-19-14(15)9-20-22)18(23)21-13-6-11-4-3-5-16(24-2)17(11)25-10-13/h3-5,7-9,13H,6,10H2,1-2H3,(H,21,23). The molecule has 1 amide bonds. The smallest absolute Gasteiger partial charge is 0.253 e. The van der Waals surface area contributed by atoms with E-state index < -0.39 is 0 Å². The first kappa shape index (κ1) is 15.4. The van der Waals surface area contributed by atoms with Crippen LogP contribution in [0.1, 0.15) is 15.9 Å². The van der Waals surface area contributed by atoms with Crippen molar-refractivity contribution in [2.75, 3.05) is 13.7 Å². The zero-order valence-corrected chi connectivity index (χ0v) is 14.0. The summed E-state index contributed by atoms with van der Waals surface area (Å²) in [6.07, 6.45) is 3.94. The summed E-state index contributed by atoms with van der Waals surface area (Å²) in [5, 5.41) is 7.16. The van der Waals surface area contributed by atoms with Crippen molar-refractivity contribution in [3.05, 3.63) is 47.8 Å². The summed E-state index contributed by atoms with van der Waals surface area (Å²) in [5.74, 6) is 1.30. The molecule has 0 saturated heterocycles. The SMILES string of the molecule is COc1cccc2c1OCC(NC(=O)c1cnc3cnn(C)c3c1)C2. The molecule has 3 aromatic rings. The lowest BCUT2D eigenvalue weighted by atomic mass is 10.0. The number of fused-ring (bicyclic) bond motifs is 2. The van der Waals surface area contributed by atoms with E-state index in [-0.39, 0.29) is 11.9 Å². The van der Waals surface area contributed by atoms with Gasteiger partial charge in [0.15, 0.2) is 11.5 Å². The van der Waals surface area contributed by atoms with E-state index in [1.807, 2.05) is 25.2 Å². The van der Waals surface area contributed by atoms with Gasteiger partial charge in [0, 0.05) is 18.8 Å². The molecule has 1 aliphatic heterocycles. The van der Waals surface area contributed by atoms with Crippen LogP contribution in [0.2, 0.25) is 0 Å². The monoisotopic (exact) mass is 338 g/mol. The maximum atomic E-state index is 12.6. The lowest BCUT2D eigenvalue weighted by molar-refractivity contribution is 0.0914. The molecule has 4 rings (SSSR count). The molecule has 0 saturated carbocycles. The molecule has 0 fully saturated rings. The molecular weight excluding hydrogens is 320 g/mol. The zero-order chi connectivity index (χ0) is 17.4. The Morgan fingerprint density at radius 1 is 1.40 bits per heavy atom. The number of carbonyl (C=O) groups excluding carboxylic acids is 1. The normalized spacial score (nSPS) is 16.2. The van der Waals surface area contributed by atoms with Crippen molar-refractivity contribution in [1.29, 1.82) is 0 Å². The number of aromatic nitrogens is 3. The third-order valence-corrected chi connectivity index (χ3v) is 4.37. The lowest BCUT2D eigenvalue weighted by Crippen LogP contribution is -2.42. The molecule has 1 aromatic carbocycles. The molecule has 128 valence electrons. The fraction of sp³-hybridized carbons (Fsp3) is 0.278. The predicted octanol–water partition coefficient (Wildman–Crippen LogP) is 1.71. The molecule has 1 unspecified atom stereocenters. The fourth-order valence-electron chi connectivity index (χ4n) is 3.07. The quantitative estimate of drug-likeness (QED) is 0.787. The van der Waals surface area contributed by atoms with Crippen molar-refractivity contribution in [1.82, 2.24) is 20.1 Å². The van der Waals surface area contributed by atoms with Crippen molar-refractivity contribution in [2.24, 2.45) is 7.05 Å². The molecule has 0 bridgehead atoms. The number of nitrogens with zero attached hydrogens (tertiary/aromatic N) is 3. The highest BCUT2D eigenvalue weighted by molar-refractivity contribution is 5.96. The Kier molecular flexibility index (Phi) is 3.76. The van der Waals surface area contributed by atoms with E-state index in [0.717, 1.165) is 22.3 Å². The molecule has 0 radical (unpaired) electrons. The van der Waals surface area contributed by atoms with Gasteiger partial charge in [-0.05, 0) is 18.6 Å². The maximum Gasteiger partial charge on any atom is 0.253 e.